The molecule has 0 aliphatic carbocycles. The van der Waals surface area contributed by atoms with Gasteiger partial charge < -0.3 is 4.57 Å². The minimum absolute atomic E-state index is 0.563. The lowest BCUT2D eigenvalue weighted by Gasteiger charge is -2.10. The van der Waals surface area contributed by atoms with E-state index in [0.29, 0.717) is 10.6 Å². The molecule has 4 heteroatoms. The van der Waals surface area contributed by atoms with Gasteiger partial charge in [-0.3, -0.25) is 0 Å². The van der Waals surface area contributed by atoms with Gasteiger partial charge in [0, 0.05) is 31.2 Å². The number of hydrogen-bond acceptors (Lipinski definition) is 1. The summed E-state index contributed by atoms with van der Waals surface area (Å²) in [6.45, 7) is 4.14. The summed E-state index contributed by atoms with van der Waals surface area (Å²) < 4.78 is 3.40. The van der Waals surface area contributed by atoms with Crippen LogP contribution < -0.4 is 0 Å². The Balaban J connectivity index is 2.10. The lowest BCUT2D eigenvalue weighted by molar-refractivity contribution is 0.964. The summed E-state index contributed by atoms with van der Waals surface area (Å²) in [7, 11) is 0. The zero-order valence-electron chi connectivity index (χ0n) is 13.9. The number of benzene rings is 2. The van der Waals surface area contributed by atoms with Gasteiger partial charge in [0.05, 0.1) is 11.6 Å². The van der Waals surface area contributed by atoms with Crippen LogP contribution in [0, 0.1) is 28.7 Å². The highest BCUT2D eigenvalue weighted by atomic mass is 127. The number of halogens is 2. The molecule has 1 heterocycles. The van der Waals surface area contributed by atoms with Crippen LogP contribution >= 0.6 is 34.2 Å². The van der Waals surface area contributed by atoms with Crippen LogP contribution in [-0.4, -0.2) is 4.57 Å². The van der Waals surface area contributed by atoms with E-state index >= 15 is 0 Å². The maximum absolute atomic E-state index is 9.60. The molecule has 0 bridgehead atoms. The van der Waals surface area contributed by atoms with Crippen LogP contribution in [0.5, 0.6) is 0 Å². The quantitative estimate of drug-likeness (QED) is 0.329. The number of nitrogens with zero attached hydrogens (tertiary/aromatic N) is 2. The van der Waals surface area contributed by atoms with Crippen LogP contribution in [0.15, 0.2) is 54.6 Å². The maximum Gasteiger partial charge on any atom is 0.0998 e. The molecule has 0 atom stereocenters. The standard InChI is InChI=1S/C21H16ClIN2/c1-14-11-16(12-17(13-24)20-5-3-4-6-21(20)22)15(2)25(14)19-9-7-18(23)8-10-19/h3-12H,1-2H3. The van der Waals surface area contributed by atoms with Crippen LogP contribution in [0.1, 0.15) is 22.5 Å². The number of allylic oxidation sites excluding steroid dienone is 1. The molecular weight excluding hydrogens is 443 g/mol. The topological polar surface area (TPSA) is 28.7 Å². The third-order valence-corrected chi connectivity index (χ3v) is 5.19. The lowest BCUT2D eigenvalue weighted by Crippen LogP contribution is -1.98. The smallest absolute Gasteiger partial charge is 0.0998 e. The second-order valence-electron chi connectivity index (χ2n) is 5.79. The van der Waals surface area contributed by atoms with E-state index in [0.717, 1.165) is 28.2 Å². The highest BCUT2D eigenvalue weighted by Crippen LogP contribution is 2.28. The molecule has 25 heavy (non-hydrogen) atoms. The molecule has 0 spiro atoms. The molecule has 0 fully saturated rings. The Kier molecular flexibility index (Phi) is 5.31. The predicted molar refractivity (Wildman–Crippen MR) is 113 cm³/mol. The van der Waals surface area contributed by atoms with Crippen molar-refractivity contribution in [2.45, 2.75) is 13.8 Å². The van der Waals surface area contributed by atoms with E-state index in [1.165, 1.54) is 3.57 Å². The second-order valence-corrected chi connectivity index (χ2v) is 7.44. The Labute approximate surface area is 166 Å². The van der Waals surface area contributed by atoms with Crippen molar-refractivity contribution in [3.05, 3.63) is 85.7 Å². The molecule has 0 radical (unpaired) electrons. The van der Waals surface area contributed by atoms with E-state index in [9.17, 15) is 5.26 Å². The van der Waals surface area contributed by atoms with E-state index in [1.54, 1.807) is 6.07 Å². The summed E-state index contributed by atoms with van der Waals surface area (Å²) in [5.74, 6) is 0. The van der Waals surface area contributed by atoms with Crippen LogP contribution in [0.25, 0.3) is 17.3 Å². The number of hydrogen-bond donors (Lipinski definition) is 0. The molecular formula is C21H16ClIN2. The van der Waals surface area contributed by atoms with Gasteiger partial charge in [-0.25, -0.2) is 0 Å². The molecule has 0 amide bonds. The van der Waals surface area contributed by atoms with Gasteiger partial charge in [-0.05, 0) is 84.5 Å². The number of nitriles is 1. The molecule has 2 aromatic carbocycles. The van der Waals surface area contributed by atoms with E-state index in [1.807, 2.05) is 24.3 Å². The molecule has 1 aromatic heterocycles. The Bertz CT molecular complexity index is 992. The summed E-state index contributed by atoms with van der Waals surface area (Å²) in [6.07, 6.45) is 1.91. The zero-order chi connectivity index (χ0) is 18.0. The second kappa shape index (κ2) is 7.47. The van der Waals surface area contributed by atoms with Crippen LogP contribution in [-0.2, 0) is 0 Å². The minimum Gasteiger partial charge on any atom is -0.318 e. The van der Waals surface area contributed by atoms with Gasteiger partial charge in [-0.15, -0.1) is 0 Å². The average Bonchev–Trinajstić information content (AvgIpc) is 2.88. The third-order valence-electron chi connectivity index (χ3n) is 4.14. The first-order valence-corrected chi connectivity index (χ1v) is 9.28. The van der Waals surface area contributed by atoms with Gasteiger partial charge >= 0.3 is 0 Å². The monoisotopic (exact) mass is 458 g/mol. The Morgan fingerprint density at radius 2 is 1.80 bits per heavy atom. The summed E-state index contributed by atoms with van der Waals surface area (Å²) in [5.41, 5.74) is 5.68. The van der Waals surface area contributed by atoms with Gasteiger partial charge in [0.2, 0.25) is 0 Å². The predicted octanol–water partition coefficient (Wildman–Crippen LogP) is 6.42. The fourth-order valence-electron chi connectivity index (χ4n) is 2.93. The highest BCUT2D eigenvalue weighted by Gasteiger charge is 2.12. The van der Waals surface area contributed by atoms with Gasteiger partial charge in [0.25, 0.3) is 0 Å². The highest BCUT2D eigenvalue weighted by molar-refractivity contribution is 14.1. The first-order valence-electron chi connectivity index (χ1n) is 7.83. The molecule has 0 saturated heterocycles. The summed E-state index contributed by atoms with van der Waals surface area (Å²) in [5, 5.41) is 10.2. The van der Waals surface area contributed by atoms with Crippen molar-refractivity contribution in [3.8, 4) is 11.8 Å². The molecule has 3 rings (SSSR count). The molecule has 2 nitrogen and oxygen atoms in total. The zero-order valence-corrected chi connectivity index (χ0v) is 16.8. The van der Waals surface area contributed by atoms with Gasteiger partial charge in [0.1, 0.15) is 0 Å². The molecule has 0 aliphatic rings. The number of rotatable bonds is 3. The average molecular weight is 459 g/mol. The van der Waals surface area contributed by atoms with E-state index in [4.69, 9.17) is 11.6 Å². The Hall–Kier alpha value is -2.03. The van der Waals surface area contributed by atoms with Gasteiger partial charge in [0.15, 0.2) is 0 Å². The van der Waals surface area contributed by atoms with Crippen LogP contribution in [0.4, 0.5) is 0 Å². The van der Waals surface area contributed by atoms with Crippen molar-refractivity contribution < 1.29 is 0 Å². The maximum atomic E-state index is 9.60. The van der Waals surface area contributed by atoms with Crippen molar-refractivity contribution in [2.75, 3.05) is 0 Å². The summed E-state index contributed by atoms with van der Waals surface area (Å²) in [4.78, 5) is 0. The van der Waals surface area contributed by atoms with Crippen molar-refractivity contribution in [2.24, 2.45) is 0 Å². The lowest BCUT2D eigenvalue weighted by atomic mass is 10.0. The van der Waals surface area contributed by atoms with Gasteiger partial charge in [-0.1, -0.05) is 29.8 Å². The molecule has 0 aliphatic heterocycles. The molecule has 0 N–H and O–H groups in total. The molecule has 3 aromatic rings. The normalized spacial score (nSPS) is 11.4. The molecule has 0 saturated carbocycles. The van der Waals surface area contributed by atoms with Crippen LogP contribution in [0.2, 0.25) is 5.02 Å². The van der Waals surface area contributed by atoms with E-state index in [2.05, 4.69) is 77.4 Å². The summed E-state index contributed by atoms with van der Waals surface area (Å²) >= 11 is 8.55. The first kappa shape index (κ1) is 17.8. The SMILES string of the molecule is Cc1cc(C=C(C#N)c2ccccc2Cl)c(C)n1-c1ccc(I)cc1. The first-order chi connectivity index (χ1) is 12.0. The molecule has 124 valence electrons. The fourth-order valence-corrected chi connectivity index (χ4v) is 3.52. The van der Waals surface area contributed by atoms with Crippen molar-refractivity contribution in [1.82, 2.24) is 4.57 Å². The van der Waals surface area contributed by atoms with Gasteiger partial charge in [-0.2, -0.15) is 5.26 Å². The Morgan fingerprint density at radius 1 is 1.12 bits per heavy atom. The fraction of sp³-hybridized carbons (Fsp3) is 0.0952. The van der Waals surface area contributed by atoms with Crippen molar-refractivity contribution >= 4 is 45.8 Å². The Morgan fingerprint density at radius 3 is 2.44 bits per heavy atom. The van der Waals surface area contributed by atoms with E-state index in [-0.39, 0.29) is 0 Å². The minimum atomic E-state index is 0.563. The largest absolute Gasteiger partial charge is 0.318 e. The molecule has 0 unspecified atom stereocenters. The van der Waals surface area contributed by atoms with Crippen molar-refractivity contribution in [1.29, 1.82) is 5.26 Å². The van der Waals surface area contributed by atoms with Crippen LogP contribution in [0.3, 0.4) is 0 Å². The number of aryl methyl sites for hydroxylation is 1. The summed E-state index contributed by atoms with van der Waals surface area (Å²) in [6, 6.07) is 20.2. The van der Waals surface area contributed by atoms with E-state index < -0.39 is 0 Å². The number of aromatic nitrogens is 1. The third kappa shape index (κ3) is 3.65. The van der Waals surface area contributed by atoms with Crippen molar-refractivity contribution in [3.63, 3.8) is 0 Å².